The minimum Gasteiger partial charge on any atom is -0.441 e. The number of amides is 1. The molecule has 1 amide bonds. The van der Waals surface area contributed by atoms with Gasteiger partial charge in [0.25, 0.3) is 15.9 Å². The van der Waals surface area contributed by atoms with Gasteiger partial charge in [0.05, 0.1) is 10.6 Å². The first-order valence-electron chi connectivity index (χ1n) is 9.27. The lowest BCUT2D eigenvalue weighted by Gasteiger charge is -2.20. The third-order valence-electron chi connectivity index (χ3n) is 4.68. The zero-order chi connectivity index (χ0) is 22.2. The molecule has 7 nitrogen and oxygen atoms in total. The maximum Gasteiger partial charge on any atom is 0.264 e. The lowest BCUT2D eigenvalue weighted by molar-refractivity contribution is 0.102. The number of aromatic nitrogens is 1. The molecule has 0 saturated carbocycles. The van der Waals surface area contributed by atoms with Gasteiger partial charge in [-0.25, -0.2) is 13.4 Å². The summed E-state index contributed by atoms with van der Waals surface area (Å²) in [6, 6.07) is 17.5. The van der Waals surface area contributed by atoms with Crippen molar-refractivity contribution in [1.82, 2.24) is 4.98 Å². The number of nitrogens with zero attached hydrogens (tertiary/aromatic N) is 2. The number of fused-ring (bicyclic) bond motifs is 1. The van der Waals surface area contributed by atoms with Gasteiger partial charge in [-0.2, -0.15) is 0 Å². The van der Waals surface area contributed by atoms with E-state index in [1.807, 2.05) is 0 Å². The number of rotatable bonds is 5. The summed E-state index contributed by atoms with van der Waals surface area (Å²) in [6.07, 6.45) is 0. The zero-order valence-corrected chi connectivity index (χ0v) is 18.2. The lowest BCUT2D eigenvalue weighted by Crippen LogP contribution is -2.26. The molecule has 1 N–H and O–H groups in total. The molecule has 0 spiro atoms. The fourth-order valence-corrected chi connectivity index (χ4v) is 4.51. The smallest absolute Gasteiger partial charge is 0.264 e. The van der Waals surface area contributed by atoms with E-state index in [9.17, 15) is 13.2 Å². The first kappa shape index (κ1) is 20.9. The monoisotopic (exact) mass is 455 g/mol. The van der Waals surface area contributed by atoms with Gasteiger partial charge in [0.15, 0.2) is 11.5 Å². The quantitative estimate of drug-likeness (QED) is 0.463. The van der Waals surface area contributed by atoms with Crippen LogP contribution in [-0.2, 0) is 10.0 Å². The first-order chi connectivity index (χ1) is 14.7. The Balaban J connectivity index is 1.59. The number of anilines is 2. The average molecular weight is 456 g/mol. The molecule has 0 atom stereocenters. The Morgan fingerprint density at radius 2 is 1.84 bits per heavy atom. The number of halogens is 1. The Bertz CT molecular complexity index is 1400. The van der Waals surface area contributed by atoms with Crippen molar-refractivity contribution in [2.24, 2.45) is 0 Å². The number of oxazole rings is 1. The zero-order valence-electron chi connectivity index (χ0n) is 16.7. The molecular weight excluding hydrogens is 438 g/mol. The molecule has 0 saturated heterocycles. The number of hydrogen-bond acceptors (Lipinski definition) is 5. The highest BCUT2D eigenvalue weighted by atomic mass is 35.5. The van der Waals surface area contributed by atoms with Crippen LogP contribution in [0.2, 0.25) is 5.02 Å². The minimum absolute atomic E-state index is 0.00907. The van der Waals surface area contributed by atoms with Gasteiger partial charge in [-0.05, 0) is 54.6 Å². The topological polar surface area (TPSA) is 92.5 Å². The summed E-state index contributed by atoms with van der Waals surface area (Å²) in [7, 11) is -2.46. The highest BCUT2D eigenvalue weighted by Crippen LogP contribution is 2.25. The van der Waals surface area contributed by atoms with Crippen LogP contribution in [0.3, 0.4) is 0 Å². The highest BCUT2D eigenvalue weighted by Gasteiger charge is 2.22. The van der Waals surface area contributed by atoms with Crippen molar-refractivity contribution in [3.8, 4) is 0 Å². The number of carbonyl (C=O) groups excluding carboxylic acids is 1. The SMILES string of the molecule is Cc1nc2cc(NC(=O)c3cccc(S(=O)(=O)N(C)c4cccc(Cl)c4)c3)ccc2o1. The van der Waals surface area contributed by atoms with Crippen LogP contribution in [0, 0.1) is 6.92 Å². The molecular formula is C22H18ClN3O4S. The third-order valence-corrected chi connectivity index (χ3v) is 6.70. The maximum atomic E-state index is 13.1. The van der Waals surface area contributed by atoms with E-state index in [0.29, 0.717) is 33.4 Å². The summed E-state index contributed by atoms with van der Waals surface area (Å²) in [4.78, 5) is 17.0. The van der Waals surface area contributed by atoms with E-state index >= 15 is 0 Å². The second kappa shape index (κ2) is 8.05. The second-order valence-corrected chi connectivity index (χ2v) is 9.26. The van der Waals surface area contributed by atoms with Crippen molar-refractivity contribution in [3.63, 3.8) is 0 Å². The summed E-state index contributed by atoms with van der Waals surface area (Å²) in [6.45, 7) is 1.74. The molecule has 31 heavy (non-hydrogen) atoms. The van der Waals surface area contributed by atoms with Crippen LogP contribution < -0.4 is 9.62 Å². The van der Waals surface area contributed by atoms with Crippen LogP contribution in [-0.4, -0.2) is 26.4 Å². The Labute approximate surface area is 184 Å². The second-order valence-electron chi connectivity index (χ2n) is 6.85. The summed E-state index contributed by atoms with van der Waals surface area (Å²) >= 11 is 5.98. The molecule has 0 aliphatic rings. The average Bonchev–Trinajstić information content (AvgIpc) is 3.12. The summed E-state index contributed by atoms with van der Waals surface area (Å²) in [5, 5.41) is 3.18. The van der Waals surface area contributed by atoms with E-state index in [2.05, 4.69) is 10.3 Å². The van der Waals surface area contributed by atoms with Gasteiger partial charge in [-0.15, -0.1) is 0 Å². The van der Waals surface area contributed by atoms with Crippen molar-refractivity contribution in [1.29, 1.82) is 0 Å². The van der Waals surface area contributed by atoms with Crippen molar-refractivity contribution < 1.29 is 17.6 Å². The molecule has 9 heteroatoms. The van der Waals surface area contributed by atoms with Gasteiger partial charge < -0.3 is 9.73 Å². The number of nitrogens with one attached hydrogen (secondary N) is 1. The summed E-state index contributed by atoms with van der Waals surface area (Å²) < 4.78 is 32.7. The molecule has 4 aromatic rings. The summed E-state index contributed by atoms with van der Waals surface area (Å²) in [5.74, 6) is 0.0854. The normalized spacial score (nSPS) is 11.5. The number of benzene rings is 3. The van der Waals surface area contributed by atoms with E-state index < -0.39 is 15.9 Å². The molecule has 0 bridgehead atoms. The minimum atomic E-state index is -3.89. The molecule has 0 radical (unpaired) electrons. The van der Waals surface area contributed by atoms with E-state index in [4.69, 9.17) is 16.0 Å². The van der Waals surface area contributed by atoms with Crippen molar-refractivity contribution in [3.05, 3.63) is 83.2 Å². The van der Waals surface area contributed by atoms with Gasteiger partial charge in [-0.1, -0.05) is 23.7 Å². The van der Waals surface area contributed by atoms with E-state index in [0.717, 1.165) is 4.31 Å². The van der Waals surface area contributed by atoms with Crippen molar-refractivity contribution in [2.75, 3.05) is 16.7 Å². The largest absolute Gasteiger partial charge is 0.441 e. The Hall–Kier alpha value is -3.36. The van der Waals surface area contributed by atoms with Crippen molar-refractivity contribution in [2.45, 2.75) is 11.8 Å². The molecule has 1 aromatic heterocycles. The molecule has 0 fully saturated rings. The number of hydrogen-bond donors (Lipinski definition) is 1. The Kier molecular flexibility index (Phi) is 5.43. The molecule has 0 unspecified atom stereocenters. The van der Waals surface area contributed by atoms with Gasteiger partial charge >= 0.3 is 0 Å². The van der Waals surface area contributed by atoms with E-state index in [1.54, 1.807) is 55.5 Å². The number of aryl methyl sites for hydroxylation is 1. The number of sulfonamides is 1. The Morgan fingerprint density at radius 3 is 2.61 bits per heavy atom. The molecule has 0 aliphatic heterocycles. The molecule has 0 aliphatic carbocycles. The highest BCUT2D eigenvalue weighted by molar-refractivity contribution is 7.92. The molecule has 3 aromatic carbocycles. The molecule has 4 rings (SSSR count). The van der Waals surface area contributed by atoms with Crippen LogP contribution in [0.4, 0.5) is 11.4 Å². The first-order valence-corrected chi connectivity index (χ1v) is 11.1. The van der Waals surface area contributed by atoms with Gasteiger partial charge in [0.2, 0.25) is 0 Å². The predicted octanol–water partition coefficient (Wildman–Crippen LogP) is 4.87. The maximum absolute atomic E-state index is 13.1. The van der Waals surface area contributed by atoms with Crippen molar-refractivity contribution >= 4 is 50.0 Å². The van der Waals surface area contributed by atoms with E-state index in [1.165, 1.54) is 25.2 Å². The van der Waals surface area contributed by atoms with Gasteiger partial charge in [0.1, 0.15) is 5.52 Å². The van der Waals surface area contributed by atoms with Gasteiger partial charge in [0, 0.05) is 30.2 Å². The molecule has 1 heterocycles. The van der Waals surface area contributed by atoms with Crippen LogP contribution in [0.15, 0.2) is 76.0 Å². The number of carbonyl (C=O) groups is 1. The predicted molar refractivity (Wildman–Crippen MR) is 120 cm³/mol. The van der Waals surface area contributed by atoms with Crippen LogP contribution in [0.5, 0.6) is 0 Å². The fraction of sp³-hybridized carbons (Fsp3) is 0.0909. The van der Waals surface area contributed by atoms with Crippen LogP contribution >= 0.6 is 11.6 Å². The fourth-order valence-electron chi connectivity index (χ4n) is 3.09. The van der Waals surface area contributed by atoms with Crippen LogP contribution in [0.1, 0.15) is 16.2 Å². The van der Waals surface area contributed by atoms with Crippen LogP contribution in [0.25, 0.3) is 11.1 Å². The van der Waals surface area contributed by atoms with Gasteiger partial charge in [-0.3, -0.25) is 9.10 Å². The Morgan fingerprint density at radius 1 is 1.06 bits per heavy atom. The summed E-state index contributed by atoms with van der Waals surface area (Å²) in [5.41, 5.74) is 2.38. The molecule has 158 valence electrons. The lowest BCUT2D eigenvalue weighted by atomic mass is 10.2. The third kappa shape index (κ3) is 4.26. The standard InChI is InChI=1S/C22H18ClN3O4S/c1-14-24-20-13-17(9-10-21(20)30-14)25-22(27)15-5-3-8-19(11-15)31(28,29)26(2)18-7-4-6-16(23)12-18/h3-13H,1-2H3,(H,25,27). The van der Waals surface area contributed by atoms with E-state index in [-0.39, 0.29) is 10.5 Å².